The van der Waals surface area contributed by atoms with E-state index in [4.69, 9.17) is 5.11 Å². The van der Waals surface area contributed by atoms with Crippen molar-refractivity contribution in [3.05, 3.63) is 77.7 Å². The fourth-order valence-corrected chi connectivity index (χ4v) is 5.14. The lowest BCUT2D eigenvalue weighted by atomic mass is 9.94. The third-order valence-electron chi connectivity index (χ3n) is 6.72. The van der Waals surface area contributed by atoms with Crippen molar-refractivity contribution in [3.63, 3.8) is 0 Å². The van der Waals surface area contributed by atoms with E-state index in [-0.39, 0.29) is 18.2 Å². The van der Waals surface area contributed by atoms with Gasteiger partial charge in [-0.3, -0.25) is 9.47 Å². The quantitative estimate of drug-likeness (QED) is 0.342. The Kier molecular flexibility index (Phi) is 8.46. The Morgan fingerprint density at radius 2 is 1.65 bits per heavy atom. The number of carboxylic acids is 1. The number of aliphatic hydroxyl groups is 2. The van der Waals surface area contributed by atoms with Crippen molar-refractivity contribution in [2.45, 2.75) is 57.7 Å². The maximum atomic E-state index is 13.9. The number of benzene rings is 2. The average Bonchev–Trinajstić information content (AvgIpc) is 3.49. The zero-order valence-electron chi connectivity index (χ0n) is 21.3. The van der Waals surface area contributed by atoms with E-state index in [0.717, 1.165) is 59.6 Å². The van der Waals surface area contributed by atoms with Gasteiger partial charge in [-0.1, -0.05) is 68.5 Å². The molecule has 0 bridgehead atoms. The number of aliphatic hydroxyl groups excluding tert-OH is 2. The molecule has 6 nitrogen and oxygen atoms in total. The highest BCUT2D eigenvalue weighted by Crippen LogP contribution is 2.43. The molecule has 1 aliphatic heterocycles. The van der Waals surface area contributed by atoms with Crippen LogP contribution in [0, 0.1) is 5.82 Å². The Labute approximate surface area is 217 Å². The summed E-state index contributed by atoms with van der Waals surface area (Å²) in [6.07, 6.45) is 3.00. The van der Waals surface area contributed by atoms with E-state index in [2.05, 4.69) is 35.7 Å². The van der Waals surface area contributed by atoms with Crippen LogP contribution in [0.3, 0.4) is 0 Å². The minimum Gasteiger partial charge on any atom is -0.481 e. The number of carboxylic acid groups (broad SMARTS) is 1. The van der Waals surface area contributed by atoms with Crippen molar-refractivity contribution in [2.24, 2.45) is 0 Å². The fraction of sp³-hybridized carbons (Fsp3) is 0.367. The lowest BCUT2D eigenvalue weighted by Crippen LogP contribution is -2.33. The van der Waals surface area contributed by atoms with Gasteiger partial charge in [-0.15, -0.1) is 0 Å². The zero-order valence-corrected chi connectivity index (χ0v) is 21.3. The number of aromatic nitrogens is 1. The molecule has 0 amide bonds. The van der Waals surface area contributed by atoms with Gasteiger partial charge in [-0.2, -0.15) is 0 Å². The Morgan fingerprint density at radius 3 is 2.24 bits per heavy atom. The van der Waals surface area contributed by atoms with Gasteiger partial charge in [0.1, 0.15) is 5.82 Å². The van der Waals surface area contributed by atoms with Crippen molar-refractivity contribution < 1.29 is 24.5 Å². The van der Waals surface area contributed by atoms with E-state index >= 15 is 0 Å². The molecule has 3 aromatic rings. The first-order valence-electron chi connectivity index (χ1n) is 12.9. The van der Waals surface area contributed by atoms with E-state index in [9.17, 15) is 19.4 Å². The van der Waals surface area contributed by atoms with Crippen LogP contribution in [0.1, 0.15) is 56.7 Å². The first kappa shape index (κ1) is 26.6. The molecule has 37 heavy (non-hydrogen) atoms. The van der Waals surface area contributed by atoms with Crippen molar-refractivity contribution in [1.82, 2.24) is 4.68 Å². The smallest absolute Gasteiger partial charge is 0.305 e. The maximum Gasteiger partial charge on any atom is 0.305 e. The number of nitrogens with zero attached hydrogens (tertiary/aromatic N) is 2. The summed E-state index contributed by atoms with van der Waals surface area (Å²) in [6.45, 7) is 6.11. The molecule has 7 heteroatoms. The van der Waals surface area contributed by atoms with Crippen LogP contribution >= 0.6 is 0 Å². The third-order valence-corrected chi connectivity index (χ3v) is 6.72. The predicted octanol–water partition coefficient (Wildman–Crippen LogP) is 5.42. The lowest BCUT2D eigenvalue weighted by molar-refractivity contribution is -0.139. The van der Waals surface area contributed by atoms with Crippen LogP contribution in [0.5, 0.6) is 0 Å². The highest BCUT2D eigenvalue weighted by atomic mass is 19.1. The SMILES string of the molecule is CC(C)c1c(C=CC(O)CC(O)CC(=O)O)c(-c2ccc(F)cc2)c(-c2ccccc2)n1N1CCCC1. The minimum absolute atomic E-state index is 0.0793. The number of hydrogen-bond donors (Lipinski definition) is 3. The van der Waals surface area contributed by atoms with Gasteiger partial charge in [0, 0.05) is 36.2 Å². The molecule has 196 valence electrons. The number of aliphatic carboxylic acids is 1. The molecule has 3 N–H and O–H groups in total. The summed E-state index contributed by atoms with van der Waals surface area (Å²) >= 11 is 0. The van der Waals surface area contributed by atoms with Crippen molar-refractivity contribution >= 4 is 12.0 Å². The zero-order chi connectivity index (χ0) is 26.5. The average molecular weight is 507 g/mol. The highest BCUT2D eigenvalue weighted by Gasteiger charge is 2.29. The molecule has 4 rings (SSSR count). The molecule has 2 aromatic carbocycles. The van der Waals surface area contributed by atoms with Crippen LogP contribution in [-0.4, -0.2) is 51.3 Å². The third kappa shape index (κ3) is 6.12. The highest BCUT2D eigenvalue weighted by molar-refractivity contribution is 5.90. The van der Waals surface area contributed by atoms with Crippen molar-refractivity contribution in [2.75, 3.05) is 18.1 Å². The molecule has 0 aliphatic carbocycles. The second-order valence-corrected chi connectivity index (χ2v) is 9.94. The molecular formula is C30H35FN2O4. The maximum absolute atomic E-state index is 13.9. The van der Waals surface area contributed by atoms with Gasteiger partial charge in [0.25, 0.3) is 0 Å². The molecule has 1 aliphatic rings. The van der Waals surface area contributed by atoms with E-state index in [1.165, 1.54) is 12.1 Å². The van der Waals surface area contributed by atoms with Gasteiger partial charge in [0.05, 0.1) is 30.0 Å². The van der Waals surface area contributed by atoms with Crippen LogP contribution < -0.4 is 5.01 Å². The first-order valence-corrected chi connectivity index (χ1v) is 12.9. The van der Waals surface area contributed by atoms with Gasteiger partial charge in [-0.25, -0.2) is 4.39 Å². The van der Waals surface area contributed by atoms with E-state index in [0.29, 0.717) is 0 Å². The minimum atomic E-state index is -1.15. The molecule has 0 saturated carbocycles. The topological polar surface area (TPSA) is 85.9 Å². The monoisotopic (exact) mass is 506 g/mol. The lowest BCUT2D eigenvalue weighted by Gasteiger charge is -2.27. The van der Waals surface area contributed by atoms with Gasteiger partial charge >= 0.3 is 5.97 Å². The van der Waals surface area contributed by atoms with Crippen LogP contribution in [0.15, 0.2) is 60.7 Å². The molecule has 1 fully saturated rings. The van der Waals surface area contributed by atoms with E-state index in [1.54, 1.807) is 18.2 Å². The second kappa shape index (κ2) is 11.8. The van der Waals surface area contributed by atoms with Crippen LogP contribution in [-0.2, 0) is 4.79 Å². The molecule has 2 unspecified atom stereocenters. The molecule has 0 radical (unpaired) electrons. The van der Waals surface area contributed by atoms with Gasteiger partial charge in [0.2, 0.25) is 0 Å². The van der Waals surface area contributed by atoms with Gasteiger partial charge in [-0.05, 0) is 36.5 Å². The van der Waals surface area contributed by atoms with E-state index in [1.807, 2.05) is 24.3 Å². The summed E-state index contributed by atoms with van der Waals surface area (Å²) in [5.41, 5.74) is 5.84. The molecule has 1 saturated heterocycles. The van der Waals surface area contributed by atoms with Crippen molar-refractivity contribution in [1.29, 1.82) is 0 Å². The Hall–Kier alpha value is -3.42. The van der Waals surface area contributed by atoms with Crippen LogP contribution in [0.4, 0.5) is 4.39 Å². The Bertz CT molecular complexity index is 1230. The Balaban J connectivity index is 1.93. The molecule has 2 heterocycles. The Morgan fingerprint density at radius 1 is 1.00 bits per heavy atom. The summed E-state index contributed by atoms with van der Waals surface area (Å²) in [7, 11) is 0. The number of rotatable bonds is 10. The van der Waals surface area contributed by atoms with Crippen LogP contribution in [0.2, 0.25) is 0 Å². The summed E-state index contributed by atoms with van der Waals surface area (Å²) in [4.78, 5) is 10.9. The number of carbonyl (C=O) groups is 1. The normalized spacial score (nSPS) is 15.6. The van der Waals surface area contributed by atoms with Gasteiger partial charge in [0.15, 0.2) is 0 Å². The van der Waals surface area contributed by atoms with Gasteiger partial charge < -0.3 is 20.3 Å². The number of hydrogen-bond acceptors (Lipinski definition) is 4. The molecular weight excluding hydrogens is 471 g/mol. The summed E-state index contributed by atoms with van der Waals surface area (Å²) < 4.78 is 16.2. The largest absolute Gasteiger partial charge is 0.481 e. The standard InChI is InChI=1S/C30H35FN2O4/c1-20(2)29-26(15-14-24(34)18-25(35)19-27(36)37)28(21-10-12-23(31)13-11-21)30(22-8-4-3-5-9-22)33(29)32-16-6-7-17-32/h3-5,8-15,20,24-25,34-35H,6-7,16-19H2,1-2H3,(H,36,37). The van der Waals surface area contributed by atoms with E-state index < -0.39 is 24.6 Å². The summed E-state index contributed by atoms with van der Waals surface area (Å²) in [6, 6.07) is 16.6. The summed E-state index contributed by atoms with van der Waals surface area (Å²) in [5, 5.41) is 31.9. The molecule has 0 spiro atoms. The first-order chi connectivity index (χ1) is 17.8. The molecule has 2 atom stereocenters. The number of halogens is 1. The second-order valence-electron chi connectivity index (χ2n) is 9.94. The van der Waals surface area contributed by atoms with Crippen molar-refractivity contribution in [3.8, 4) is 22.4 Å². The van der Waals surface area contributed by atoms with Crippen LogP contribution in [0.25, 0.3) is 28.5 Å². The fourth-order valence-electron chi connectivity index (χ4n) is 5.14. The predicted molar refractivity (Wildman–Crippen MR) is 144 cm³/mol. The molecule has 1 aromatic heterocycles. The summed E-state index contributed by atoms with van der Waals surface area (Å²) in [5.74, 6) is -1.29.